The highest BCUT2D eigenvalue weighted by Crippen LogP contribution is 2.34. The highest BCUT2D eigenvalue weighted by atomic mass is 16.5. The zero-order valence-electron chi connectivity index (χ0n) is 23.3. The van der Waals surface area contributed by atoms with Crippen LogP contribution in [0.3, 0.4) is 0 Å². The number of benzene rings is 1. The molecular weight excluding hydrogens is 512 g/mol. The Labute approximate surface area is 235 Å². The van der Waals surface area contributed by atoms with Gasteiger partial charge in [0.15, 0.2) is 0 Å². The van der Waals surface area contributed by atoms with Crippen LogP contribution in [0.5, 0.6) is 0 Å². The monoisotopic (exact) mass is 552 g/mol. The first-order valence-electron chi connectivity index (χ1n) is 14.2. The molecule has 0 radical (unpaired) electrons. The average molecular weight is 553 g/mol. The molecule has 4 rings (SSSR count). The highest BCUT2D eigenvalue weighted by molar-refractivity contribution is 5.94. The number of carboxylic acid groups (broad SMARTS) is 1. The summed E-state index contributed by atoms with van der Waals surface area (Å²) in [5, 5.41) is 15.3. The number of likely N-dealkylation sites (tertiary alicyclic amines) is 1. The molecule has 1 saturated carbocycles. The first-order valence-corrected chi connectivity index (χ1v) is 14.2. The fourth-order valence-corrected chi connectivity index (χ4v) is 6.23. The van der Waals surface area contributed by atoms with Gasteiger partial charge in [0.05, 0.1) is 12.1 Å². The van der Waals surface area contributed by atoms with Gasteiger partial charge in [-0.1, -0.05) is 49.4 Å². The summed E-state index contributed by atoms with van der Waals surface area (Å²) in [5.41, 5.74) is 2.08. The second kappa shape index (κ2) is 13.2. The van der Waals surface area contributed by atoms with Crippen LogP contribution in [0.1, 0.15) is 69.0 Å². The van der Waals surface area contributed by atoms with Crippen molar-refractivity contribution in [2.45, 2.75) is 88.6 Å². The third kappa shape index (κ3) is 6.41. The summed E-state index contributed by atoms with van der Waals surface area (Å²) in [7, 11) is 1.33. The molecule has 1 heterocycles. The number of ether oxygens (including phenoxy) is 1. The van der Waals surface area contributed by atoms with E-state index in [4.69, 9.17) is 11.2 Å². The Balaban J connectivity index is 1.51. The number of nitrogens with zero attached hydrogens (tertiary/aromatic N) is 2. The van der Waals surface area contributed by atoms with Gasteiger partial charge in [-0.15, -0.1) is 6.42 Å². The van der Waals surface area contributed by atoms with Crippen LogP contribution in [0.25, 0.3) is 0 Å². The lowest BCUT2D eigenvalue weighted by atomic mass is 9.83. The van der Waals surface area contributed by atoms with Gasteiger partial charge >= 0.3 is 6.09 Å². The van der Waals surface area contributed by atoms with Crippen molar-refractivity contribution in [3.63, 3.8) is 0 Å². The number of carbonyl (C=O) groups is 4. The third-order valence-electron chi connectivity index (χ3n) is 8.65. The van der Waals surface area contributed by atoms with Crippen molar-refractivity contribution in [3.05, 3.63) is 35.4 Å². The Morgan fingerprint density at radius 2 is 1.88 bits per heavy atom. The summed E-state index contributed by atoms with van der Waals surface area (Å²) in [6.07, 6.45) is 10.3. The van der Waals surface area contributed by atoms with Crippen molar-refractivity contribution in [3.8, 4) is 12.3 Å². The number of rotatable bonds is 9. The largest absolute Gasteiger partial charge is 0.465 e. The molecule has 4 amide bonds. The fourth-order valence-electron chi connectivity index (χ4n) is 6.23. The minimum absolute atomic E-state index is 0.0694. The SMILES string of the molecule is C#CCO[C@H]1Cc2ccccc2[C@@H]1NC(=O)[C@@H]1CCCN1C(=O)[C@@H](NC(=O)[C@H](C)N(C)C(=O)O)C1CCCCC1. The van der Waals surface area contributed by atoms with E-state index in [2.05, 4.69) is 16.6 Å². The smallest absolute Gasteiger partial charge is 0.407 e. The van der Waals surface area contributed by atoms with Crippen LogP contribution >= 0.6 is 0 Å². The van der Waals surface area contributed by atoms with E-state index in [0.717, 1.165) is 48.1 Å². The zero-order valence-corrected chi connectivity index (χ0v) is 23.3. The van der Waals surface area contributed by atoms with E-state index < -0.39 is 30.1 Å². The van der Waals surface area contributed by atoms with Crippen LogP contribution in [-0.4, -0.2) is 83.1 Å². The summed E-state index contributed by atoms with van der Waals surface area (Å²) in [5.74, 6) is 1.36. The Kier molecular flexibility index (Phi) is 9.69. The Hall–Kier alpha value is -3.58. The molecule has 1 saturated heterocycles. The van der Waals surface area contributed by atoms with E-state index in [1.165, 1.54) is 14.0 Å². The molecule has 40 heavy (non-hydrogen) atoms. The van der Waals surface area contributed by atoms with Crippen LogP contribution in [-0.2, 0) is 25.5 Å². The summed E-state index contributed by atoms with van der Waals surface area (Å²) in [4.78, 5) is 54.7. The highest BCUT2D eigenvalue weighted by Gasteiger charge is 2.43. The molecule has 1 aromatic rings. The molecule has 0 aromatic heterocycles. The van der Waals surface area contributed by atoms with Crippen molar-refractivity contribution in [1.82, 2.24) is 20.4 Å². The molecular formula is C30H40N4O6. The molecule has 0 spiro atoms. The van der Waals surface area contributed by atoms with E-state index in [0.29, 0.717) is 25.8 Å². The summed E-state index contributed by atoms with van der Waals surface area (Å²) in [6, 6.07) is 5.04. The first kappa shape index (κ1) is 29.4. The number of nitrogens with one attached hydrogen (secondary N) is 2. The van der Waals surface area contributed by atoms with E-state index in [1.807, 2.05) is 24.3 Å². The van der Waals surface area contributed by atoms with E-state index in [-0.39, 0.29) is 36.5 Å². The second-order valence-electron chi connectivity index (χ2n) is 11.1. The van der Waals surface area contributed by atoms with Crippen LogP contribution in [0.15, 0.2) is 24.3 Å². The summed E-state index contributed by atoms with van der Waals surface area (Å²) >= 11 is 0. The maximum atomic E-state index is 14.0. The van der Waals surface area contributed by atoms with Gasteiger partial charge in [-0.05, 0) is 49.7 Å². The quantitative estimate of drug-likeness (QED) is 0.404. The maximum Gasteiger partial charge on any atom is 0.407 e. The molecule has 1 aromatic carbocycles. The molecule has 5 atom stereocenters. The normalized spacial score (nSPS) is 23.9. The average Bonchev–Trinajstić information content (AvgIpc) is 3.59. The molecule has 3 aliphatic rings. The Morgan fingerprint density at radius 3 is 2.58 bits per heavy atom. The molecule has 1 aliphatic heterocycles. The van der Waals surface area contributed by atoms with Crippen LogP contribution in [0.2, 0.25) is 0 Å². The van der Waals surface area contributed by atoms with Gasteiger partial charge in [0.1, 0.15) is 24.7 Å². The number of amides is 4. The molecule has 216 valence electrons. The number of likely N-dealkylation sites (N-methyl/N-ethyl adjacent to an activating group) is 1. The van der Waals surface area contributed by atoms with Gasteiger partial charge in [0.25, 0.3) is 0 Å². The topological polar surface area (TPSA) is 128 Å². The molecule has 0 unspecified atom stereocenters. The summed E-state index contributed by atoms with van der Waals surface area (Å²) < 4.78 is 5.88. The summed E-state index contributed by atoms with van der Waals surface area (Å²) in [6.45, 7) is 2.05. The minimum atomic E-state index is -1.22. The fraction of sp³-hybridized carbons (Fsp3) is 0.600. The number of hydrogen-bond acceptors (Lipinski definition) is 5. The van der Waals surface area contributed by atoms with Crippen molar-refractivity contribution in [2.75, 3.05) is 20.2 Å². The minimum Gasteiger partial charge on any atom is -0.465 e. The lowest BCUT2D eigenvalue weighted by Gasteiger charge is -2.36. The third-order valence-corrected chi connectivity index (χ3v) is 8.65. The van der Waals surface area contributed by atoms with Gasteiger partial charge in [-0.3, -0.25) is 19.3 Å². The molecule has 3 N–H and O–H groups in total. The van der Waals surface area contributed by atoms with Gasteiger partial charge in [0.2, 0.25) is 17.7 Å². The molecule has 2 fully saturated rings. The zero-order chi connectivity index (χ0) is 28.8. The first-order chi connectivity index (χ1) is 19.2. The number of fused-ring (bicyclic) bond motifs is 1. The number of carbonyl (C=O) groups excluding carboxylic acids is 3. The van der Waals surface area contributed by atoms with Gasteiger partial charge in [0, 0.05) is 20.0 Å². The molecule has 10 heteroatoms. The Bertz CT molecular complexity index is 1140. The molecule has 10 nitrogen and oxygen atoms in total. The van der Waals surface area contributed by atoms with Crippen molar-refractivity contribution >= 4 is 23.8 Å². The van der Waals surface area contributed by atoms with Crippen LogP contribution in [0, 0.1) is 18.3 Å². The van der Waals surface area contributed by atoms with Crippen LogP contribution in [0.4, 0.5) is 4.79 Å². The van der Waals surface area contributed by atoms with E-state index in [9.17, 15) is 24.3 Å². The maximum absolute atomic E-state index is 14.0. The second-order valence-corrected chi connectivity index (χ2v) is 11.1. The molecule has 2 aliphatic carbocycles. The van der Waals surface area contributed by atoms with Crippen LogP contribution < -0.4 is 10.6 Å². The number of hydrogen-bond donors (Lipinski definition) is 3. The lowest BCUT2D eigenvalue weighted by molar-refractivity contribution is -0.144. The Morgan fingerprint density at radius 1 is 1.15 bits per heavy atom. The van der Waals surface area contributed by atoms with E-state index >= 15 is 0 Å². The van der Waals surface area contributed by atoms with Gasteiger partial charge in [-0.25, -0.2) is 4.79 Å². The van der Waals surface area contributed by atoms with Crippen molar-refractivity contribution in [2.24, 2.45) is 5.92 Å². The predicted molar refractivity (Wildman–Crippen MR) is 148 cm³/mol. The van der Waals surface area contributed by atoms with E-state index in [1.54, 1.807) is 4.90 Å². The predicted octanol–water partition coefficient (Wildman–Crippen LogP) is 2.47. The number of terminal acetylenes is 1. The van der Waals surface area contributed by atoms with Crippen molar-refractivity contribution in [1.29, 1.82) is 0 Å². The standard InChI is InChI=1S/C30H40N4O6/c1-4-17-40-24-18-21-13-8-9-14-22(21)26(24)32-28(36)23-15-10-16-34(23)29(37)25(20-11-6-5-7-12-20)31-27(35)19(2)33(3)30(38)39/h1,8-9,13-14,19-20,23-26H,5-7,10-12,15-18H2,2-3H3,(H,31,35)(H,32,36)(H,38,39)/t19-,23-,24-,25-,26-/m0/s1. The molecule has 0 bridgehead atoms. The van der Waals surface area contributed by atoms with Gasteiger partial charge < -0.3 is 25.4 Å². The lowest BCUT2D eigenvalue weighted by Crippen LogP contribution is -2.58. The van der Waals surface area contributed by atoms with Crippen molar-refractivity contribution < 1.29 is 29.0 Å². The van der Waals surface area contributed by atoms with Gasteiger partial charge in [-0.2, -0.15) is 0 Å².